The van der Waals surface area contributed by atoms with Crippen molar-refractivity contribution in [3.05, 3.63) is 24.3 Å². The number of phenolic OH excluding ortho intramolecular Hbond substituents is 1. The van der Waals surface area contributed by atoms with E-state index in [-0.39, 0.29) is 24.3 Å². The highest BCUT2D eigenvalue weighted by molar-refractivity contribution is 5.75. The zero-order valence-electron chi connectivity index (χ0n) is 7.47. The number of benzene rings is 1. The van der Waals surface area contributed by atoms with Crippen molar-refractivity contribution in [3.63, 3.8) is 0 Å². The summed E-state index contributed by atoms with van der Waals surface area (Å²) in [4.78, 5) is 21.0. The molecular formula is C10H10O4. The number of hydrogen-bond acceptors (Lipinski definition) is 4. The zero-order chi connectivity index (χ0) is 10.4. The van der Waals surface area contributed by atoms with Gasteiger partial charge in [-0.1, -0.05) is 12.1 Å². The maximum absolute atomic E-state index is 11.0. The first-order valence-electron chi connectivity index (χ1n) is 4.16. The van der Waals surface area contributed by atoms with E-state index in [1.54, 1.807) is 12.1 Å². The number of carbonyl (C=O) groups is 2. The third-order valence-electron chi connectivity index (χ3n) is 1.56. The lowest BCUT2D eigenvalue weighted by Crippen LogP contribution is -2.07. The SMILES string of the molecule is O=CCCC(=O)Oc1ccccc1O. The van der Waals surface area contributed by atoms with Gasteiger partial charge in [-0.05, 0) is 12.1 Å². The van der Waals surface area contributed by atoms with Crippen LogP contribution in [0.25, 0.3) is 0 Å². The molecule has 0 aliphatic heterocycles. The Kier molecular flexibility index (Phi) is 3.67. The fourth-order valence-corrected chi connectivity index (χ4v) is 0.894. The molecule has 4 nitrogen and oxygen atoms in total. The molecule has 1 aromatic rings. The summed E-state index contributed by atoms with van der Waals surface area (Å²) < 4.78 is 4.80. The number of hydrogen-bond donors (Lipinski definition) is 1. The van der Waals surface area contributed by atoms with Crippen molar-refractivity contribution in [3.8, 4) is 11.5 Å². The molecule has 1 N–H and O–H groups in total. The van der Waals surface area contributed by atoms with E-state index in [1.807, 2.05) is 0 Å². The van der Waals surface area contributed by atoms with Crippen LogP contribution >= 0.6 is 0 Å². The van der Waals surface area contributed by atoms with E-state index in [1.165, 1.54) is 12.1 Å². The number of para-hydroxylation sites is 2. The van der Waals surface area contributed by atoms with E-state index in [9.17, 15) is 14.7 Å². The van der Waals surface area contributed by atoms with Crippen molar-refractivity contribution in [1.29, 1.82) is 0 Å². The van der Waals surface area contributed by atoms with E-state index in [4.69, 9.17) is 4.74 Å². The molecule has 0 radical (unpaired) electrons. The Labute approximate surface area is 81.1 Å². The van der Waals surface area contributed by atoms with Crippen LogP contribution < -0.4 is 4.74 Å². The first-order chi connectivity index (χ1) is 6.74. The Morgan fingerprint density at radius 1 is 1.43 bits per heavy atom. The van der Waals surface area contributed by atoms with Crippen LogP contribution in [0.1, 0.15) is 12.8 Å². The van der Waals surface area contributed by atoms with Gasteiger partial charge < -0.3 is 14.6 Å². The second kappa shape index (κ2) is 5.01. The topological polar surface area (TPSA) is 63.6 Å². The summed E-state index contributed by atoms with van der Waals surface area (Å²) in [5.41, 5.74) is 0. The quantitative estimate of drug-likeness (QED) is 0.445. The molecule has 0 spiro atoms. The minimum absolute atomic E-state index is 0.0256. The van der Waals surface area contributed by atoms with Gasteiger partial charge in [-0.25, -0.2) is 0 Å². The molecule has 1 rings (SSSR count). The number of ether oxygens (including phenoxy) is 1. The third kappa shape index (κ3) is 2.90. The first kappa shape index (κ1) is 10.2. The molecule has 0 aliphatic rings. The van der Waals surface area contributed by atoms with Crippen LogP contribution in [0.3, 0.4) is 0 Å². The average Bonchev–Trinajstić information content (AvgIpc) is 2.18. The molecule has 0 unspecified atom stereocenters. The molecule has 74 valence electrons. The van der Waals surface area contributed by atoms with Gasteiger partial charge in [0.05, 0.1) is 6.42 Å². The van der Waals surface area contributed by atoms with E-state index in [0.717, 1.165) is 0 Å². The highest BCUT2D eigenvalue weighted by Gasteiger charge is 2.06. The maximum Gasteiger partial charge on any atom is 0.311 e. The molecule has 0 heterocycles. The Morgan fingerprint density at radius 2 is 2.14 bits per heavy atom. The van der Waals surface area contributed by atoms with Crippen LogP contribution in [-0.4, -0.2) is 17.4 Å². The standard InChI is InChI=1S/C10H10O4/c11-7-3-6-10(13)14-9-5-2-1-4-8(9)12/h1-2,4-5,7,12H,3,6H2. The Morgan fingerprint density at radius 3 is 2.79 bits per heavy atom. The molecule has 1 aromatic carbocycles. The summed E-state index contributed by atoms with van der Waals surface area (Å²) in [6.45, 7) is 0. The second-order valence-electron chi connectivity index (χ2n) is 2.65. The first-order valence-corrected chi connectivity index (χ1v) is 4.16. The van der Waals surface area contributed by atoms with Crippen molar-refractivity contribution in [2.75, 3.05) is 0 Å². The fraction of sp³-hybridized carbons (Fsp3) is 0.200. The van der Waals surface area contributed by atoms with Crippen LogP contribution in [0.15, 0.2) is 24.3 Å². The van der Waals surface area contributed by atoms with Gasteiger partial charge >= 0.3 is 5.97 Å². The van der Waals surface area contributed by atoms with Crippen LogP contribution in [0.2, 0.25) is 0 Å². The van der Waals surface area contributed by atoms with Gasteiger partial charge in [0.2, 0.25) is 0 Å². The molecule has 0 aromatic heterocycles. The minimum atomic E-state index is -0.529. The zero-order valence-corrected chi connectivity index (χ0v) is 7.47. The summed E-state index contributed by atoms with van der Waals surface area (Å²) in [5.74, 6) is -0.506. The summed E-state index contributed by atoms with van der Waals surface area (Å²) >= 11 is 0. The van der Waals surface area contributed by atoms with Crippen molar-refractivity contribution in [2.24, 2.45) is 0 Å². The van der Waals surface area contributed by atoms with Gasteiger partial charge in [0.15, 0.2) is 11.5 Å². The highest BCUT2D eigenvalue weighted by atomic mass is 16.5. The van der Waals surface area contributed by atoms with Crippen LogP contribution in [0.5, 0.6) is 11.5 Å². The van der Waals surface area contributed by atoms with Gasteiger partial charge in [-0.3, -0.25) is 4.79 Å². The number of carbonyl (C=O) groups excluding carboxylic acids is 2. The molecule has 14 heavy (non-hydrogen) atoms. The molecule has 0 saturated heterocycles. The van der Waals surface area contributed by atoms with Gasteiger partial charge in [0.25, 0.3) is 0 Å². The summed E-state index contributed by atoms with van der Waals surface area (Å²) in [7, 11) is 0. The van der Waals surface area contributed by atoms with E-state index in [0.29, 0.717) is 6.29 Å². The molecule has 0 amide bonds. The molecule has 4 heteroatoms. The van der Waals surface area contributed by atoms with Crippen LogP contribution in [0.4, 0.5) is 0 Å². The molecule has 0 bridgehead atoms. The number of phenols is 1. The van der Waals surface area contributed by atoms with Crippen LogP contribution in [-0.2, 0) is 9.59 Å². The van der Waals surface area contributed by atoms with E-state index in [2.05, 4.69) is 0 Å². The second-order valence-corrected chi connectivity index (χ2v) is 2.65. The smallest absolute Gasteiger partial charge is 0.311 e. The van der Waals surface area contributed by atoms with E-state index >= 15 is 0 Å². The number of aromatic hydroxyl groups is 1. The summed E-state index contributed by atoms with van der Waals surface area (Å²) in [5, 5.41) is 9.24. The van der Waals surface area contributed by atoms with Crippen molar-refractivity contribution < 1.29 is 19.4 Å². The lowest BCUT2D eigenvalue weighted by Gasteiger charge is -2.04. The van der Waals surface area contributed by atoms with Crippen molar-refractivity contribution in [1.82, 2.24) is 0 Å². The molecule has 0 atom stereocenters. The molecule has 0 aliphatic carbocycles. The van der Waals surface area contributed by atoms with Crippen molar-refractivity contribution in [2.45, 2.75) is 12.8 Å². The van der Waals surface area contributed by atoms with E-state index < -0.39 is 5.97 Å². The number of rotatable bonds is 4. The lowest BCUT2D eigenvalue weighted by atomic mass is 10.3. The molecule has 0 saturated carbocycles. The van der Waals surface area contributed by atoms with Gasteiger partial charge in [-0.15, -0.1) is 0 Å². The highest BCUT2D eigenvalue weighted by Crippen LogP contribution is 2.24. The monoisotopic (exact) mass is 194 g/mol. The maximum atomic E-state index is 11.0. The predicted molar refractivity (Wildman–Crippen MR) is 49.0 cm³/mol. The number of aldehydes is 1. The fourth-order valence-electron chi connectivity index (χ4n) is 0.894. The van der Waals surface area contributed by atoms with Gasteiger partial charge in [0.1, 0.15) is 6.29 Å². The predicted octanol–water partition coefficient (Wildman–Crippen LogP) is 1.28. The molecule has 0 fully saturated rings. The average molecular weight is 194 g/mol. The lowest BCUT2D eigenvalue weighted by molar-refractivity contribution is -0.135. The largest absolute Gasteiger partial charge is 0.504 e. The summed E-state index contributed by atoms with van der Waals surface area (Å²) in [6, 6.07) is 6.16. The van der Waals surface area contributed by atoms with Gasteiger partial charge in [-0.2, -0.15) is 0 Å². The van der Waals surface area contributed by atoms with Crippen molar-refractivity contribution >= 4 is 12.3 Å². The number of esters is 1. The summed E-state index contributed by atoms with van der Waals surface area (Å²) in [6.07, 6.45) is 0.802. The normalized spacial score (nSPS) is 9.43. The van der Waals surface area contributed by atoms with Gasteiger partial charge in [0, 0.05) is 6.42 Å². The Hall–Kier alpha value is -1.84. The molecular weight excluding hydrogens is 184 g/mol. The third-order valence-corrected chi connectivity index (χ3v) is 1.56. The minimum Gasteiger partial charge on any atom is -0.504 e. The van der Waals surface area contributed by atoms with Crippen LogP contribution in [0, 0.1) is 0 Å². The Balaban J connectivity index is 2.56. The Bertz CT molecular complexity index is 333.